The molecule has 0 saturated heterocycles. The van der Waals surface area contributed by atoms with Crippen molar-refractivity contribution in [2.45, 2.75) is 0 Å². The number of hydrogen-bond donors (Lipinski definition) is 0. The van der Waals surface area contributed by atoms with Crippen LogP contribution in [0.3, 0.4) is 0 Å². The van der Waals surface area contributed by atoms with Crippen LogP contribution in [0, 0.1) is 0 Å². The zero-order valence-corrected chi connectivity index (χ0v) is 15.2. The van der Waals surface area contributed by atoms with Crippen LogP contribution in [0.5, 0.6) is 17.2 Å². The number of hydrogen-bond acceptors (Lipinski definition) is 3. The van der Waals surface area contributed by atoms with Gasteiger partial charge in [0.1, 0.15) is 17.2 Å². The summed E-state index contributed by atoms with van der Waals surface area (Å²) in [5.41, 5.74) is 4.28. The van der Waals surface area contributed by atoms with Gasteiger partial charge in [-0.3, -0.25) is 0 Å². The maximum atomic E-state index is 5.40. The Balaban J connectivity index is 2.15. The van der Waals surface area contributed by atoms with E-state index in [0.29, 0.717) is 0 Å². The van der Waals surface area contributed by atoms with Gasteiger partial charge in [0, 0.05) is 0 Å². The summed E-state index contributed by atoms with van der Waals surface area (Å²) in [6, 6.07) is 24.1. The standard InChI is InChI=1S/C23H22O3/c1-24-20-10-4-7-17(13-20)14-23(18-8-5-11-21(15-18)25-2)19-9-6-12-22(16-19)26-3/h4-16H,1-3H3. The third-order valence-electron chi connectivity index (χ3n) is 4.17. The van der Waals surface area contributed by atoms with Gasteiger partial charge < -0.3 is 14.2 Å². The fraction of sp³-hybridized carbons (Fsp3) is 0.130. The summed E-state index contributed by atoms with van der Waals surface area (Å²) < 4.78 is 16.2. The van der Waals surface area contributed by atoms with E-state index >= 15 is 0 Å². The third-order valence-corrected chi connectivity index (χ3v) is 4.17. The fourth-order valence-electron chi connectivity index (χ4n) is 2.81. The molecule has 3 heteroatoms. The molecule has 0 bridgehead atoms. The Morgan fingerprint density at radius 2 is 1.08 bits per heavy atom. The van der Waals surface area contributed by atoms with Crippen LogP contribution in [-0.4, -0.2) is 21.3 Å². The summed E-state index contributed by atoms with van der Waals surface area (Å²) in [7, 11) is 5.03. The zero-order valence-electron chi connectivity index (χ0n) is 15.2. The van der Waals surface area contributed by atoms with Crippen LogP contribution in [0.4, 0.5) is 0 Å². The lowest BCUT2D eigenvalue weighted by Crippen LogP contribution is -1.92. The predicted molar refractivity (Wildman–Crippen MR) is 106 cm³/mol. The van der Waals surface area contributed by atoms with Crippen molar-refractivity contribution in [2.75, 3.05) is 21.3 Å². The minimum Gasteiger partial charge on any atom is -0.497 e. The second-order valence-electron chi connectivity index (χ2n) is 5.80. The molecule has 0 fully saturated rings. The first-order valence-electron chi connectivity index (χ1n) is 8.38. The maximum absolute atomic E-state index is 5.40. The molecule has 0 aliphatic rings. The van der Waals surface area contributed by atoms with E-state index in [1.54, 1.807) is 21.3 Å². The lowest BCUT2D eigenvalue weighted by molar-refractivity contribution is 0.414. The van der Waals surface area contributed by atoms with Gasteiger partial charge >= 0.3 is 0 Å². The molecule has 0 aromatic heterocycles. The molecule has 3 rings (SSSR count). The first-order valence-corrected chi connectivity index (χ1v) is 8.38. The van der Waals surface area contributed by atoms with Crippen molar-refractivity contribution >= 4 is 11.6 Å². The number of ether oxygens (including phenoxy) is 3. The number of benzene rings is 3. The molecule has 0 radical (unpaired) electrons. The number of rotatable bonds is 6. The molecule has 0 aliphatic carbocycles. The van der Waals surface area contributed by atoms with Gasteiger partial charge in [-0.05, 0) is 64.7 Å². The fourth-order valence-corrected chi connectivity index (χ4v) is 2.81. The van der Waals surface area contributed by atoms with Crippen molar-refractivity contribution in [3.8, 4) is 17.2 Å². The zero-order chi connectivity index (χ0) is 18.4. The van der Waals surface area contributed by atoms with Crippen LogP contribution < -0.4 is 14.2 Å². The molecule has 0 unspecified atom stereocenters. The van der Waals surface area contributed by atoms with Gasteiger partial charge in [-0.25, -0.2) is 0 Å². The molecule has 0 saturated carbocycles. The van der Waals surface area contributed by atoms with Gasteiger partial charge in [-0.1, -0.05) is 36.4 Å². The van der Waals surface area contributed by atoms with E-state index < -0.39 is 0 Å². The van der Waals surface area contributed by atoms with Gasteiger partial charge in [-0.15, -0.1) is 0 Å². The molecule has 132 valence electrons. The second kappa shape index (κ2) is 8.26. The van der Waals surface area contributed by atoms with Gasteiger partial charge in [0.25, 0.3) is 0 Å². The molecule has 3 aromatic rings. The average molecular weight is 346 g/mol. The van der Waals surface area contributed by atoms with Gasteiger partial charge in [0.05, 0.1) is 21.3 Å². The van der Waals surface area contributed by atoms with Crippen LogP contribution in [0.25, 0.3) is 11.6 Å². The minimum atomic E-state index is 0.821. The Kier molecular flexibility index (Phi) is 5.59. The Hall–Kier alpha value is -3.20. The van der Waals surface area contributed by atoms with Crippen molar-refractivity contribution in [3.05, 3.63) is 89.5 Å². The Morgan fingerprint density at radius 1 is 0.615 bits per heavy atom. The molecule has 0 amide bonds. The van der Waals surface area contributed by atoms with E-state index in [-0.39, 0.29) is 0 Å². The van der Waals surface area contributed by atoms with Crippen molar-refractivity contribution in [3.63, 3.8) is 0 Å². The summed E-state index contributed by atoms with van der Waals surface area (Å²) in [5, 5.41) is 0. The van der Waals surface area contributed by atoms with Crippen LogP contribution in [0.2, 0.25) is 0 Å². The highest BCUT2D eigenvalue weighted by molar-refractivity contribution is 5.92. The summed E-state index contributed by atoms with van der Waals surface area (Å²) in [5.74, 6) is 2.47. The summed E-state index contributed by atoms with van der Waals surface area (Å²) in [4.78, 5) is 0. The number of methoxy groups -OCH3 is 3. The molecule has 0 N–H and O–H groups in total. The Morgan fingerprint density at radius 3 is 1.58 bits per heavy atom. The summed E-state index contributed by atoms with van der Waals surface area (Å²) in [6.45, 7) is 0. The lowest BCUT2D eigenvalue weighted by Gasteiger charge is -2.12. The van der Waals surface area contributed by atoms with Crippen LogP contribution in [0.1, 0.15) is 16.7 Å². The smallest absolute Gasteiger partial charge is 0.119 e. The molecule has 0 atom stereocenters. The van der Waals surface area contributed by atoms with Crippen LogP contribution >= 0.6 is 0 Å². The largest absolute Gasteiger partial charge is 0.497 e. The van der Waals surface area contributed by atoms with Crippen LogP contribution in [0.15, 0.2) is 72.8 Å². The third kappa shape index (κ3) is 4.06. The highest BCUT2D eigenvalue weighted by Crippen LogP contribution is 2.31. The van der Waals surface area contributed by atoms with Gasteiger partial charge in [0.2, 0.25) is 0 Å². The van der Waals surface area contributed by atoms with Crippen molar-refractivity contribution in [1.29, 1.82) is 0 Å². The maximum Gasteiger partial charge on any atom is 0.119 e. The highest BCUT2D eigenvalue weighted by Gasteiger charge is 2.08. The first kappa shape index (κ1) is 17.6. The van der Waals surface area contributed by atoms with E-state index in [1.165, 1.54) is 0 Å². The van der Waals surface area contributed by atoms with E-state index in [0.717, 1.165) is 39.5 Å². The van der Waals surface area contributed by atoms with E-state index in [4.69, 9.17) is 14.2 Å². The molecule has 3 aromatic carbocycles. The molecule has 0 spiro atoms. The first-order chi connectivity index (χ1) is 12.7. The van der Waals surface area contributed by atoms with Gasteiger partial charge in [-0.2, -0.15) is 0 Å². The second-order valence-corrected chi connectivity index (χ2v) is 5.80. The molecule has 0 heterocycles. The molecular weight excluding hydrogens is 324 g/mol. The molecule has 3 nitrogen and oxygen atoms in total. The topological polar surface area (TPSA) is 27.7 Å². The Bertz CT molecular complexity index is 863. The van der Waals surface area contributed by atoms with Crippen molar-refractivity contribution in [2.24, 2.45) is 0 Å². The monoisotopic (exact) mass is 346 g/mol. The normalized spacial score (nSPS) is 10.1. The quantitative estimate of drug-likeness (QED) is 0.567. The lowest BCUT2D eigenvalue weighted by atomic mass is 9.95. The molecule has 0 aliphatic heterocycles. The molecular formula is C23H22O3. The van der Waals surface area contributed by atoms with Gasteiger partial charge in [0.15, 0.2) is 0 Å². The van der Waals surface area contributed by atoms with E-state index in [1.807, 2.05) is 54.6 Å². The van der Waals surface area contributed by atoms with E-state index in [2.05, 4.69) is 24.3 Å². The Labute approximate surface area is 154 Å². The SMILES string of the molecule is COc1cccc(C=C(c2cccc(OC)c2)c2cccc(OC)c2)c1. The van der Waals surface area contributed by atoms with Crippen molar-refractivity contribution in [1.82, 2.24) is 0 Å². The molecule has 26 heavy (non-hydrogen) atoms. The highest BCUT2D eigenvalue weighted by atomic mass is 16.5. The summed E-state index contributed by atoms with van der Waals surface area (Å²) in [6.07, 6.45) is 2.14. The summed E-state index contributed by atoms with van der Waals surface area (Å²) >= 11 is 0. The predicted octanol–water partition coefficient (Wildman–Crippen LogP) is 5.30. The van der Waals surface area contributed by atoms with E-state index in [9.17, 15) is 0 Å². The van der Waals surface area contributed by atoms with Crippen LogP contribution in [-0.2, 0) is 0 Å². The minimum absolute atomic E-state index is 0.821. The average Bonchev–Trinajstić information content (AvgIpc) is 2.72. The van der Waals surface area contributed by atoms with Crippen molar-refractivity contribution < 1.29 is 14.2 Å².